The van der Waals surface area contributed by atoms with E-state index in [0.717, 1.165) is 32.5 Å². The summed E-state index contributed by atoms with van der Waals surface area (Å²) in [7, 11) is 0. The third-order valence-electron chi connectivity index (χ3n) is 6.57. The van der Waals surface area contributed by atoms with Gasteiger partial charge in [-0.15, -0.1) is 0 Å². The van der Waals surface area contributed by atoms with Crippen molar-refractivity contribution in [3.8, 4) is 5.75 Å². The van der Waals surface area contributed by atoms with Crippen LogP contribution in [0.2, 0.25) is 0 Å². The van der Waals surface area contributed by atoms with Crippen LogP contribution in [0, 0.1) is 11.8 Å². The first kappa shape index (κ1) is 19.3. The molecular weight excluding hydrogens is 348 g/mol. The Morgan fingerprint density at radius 3 is 2.64 bits per heavy atom. The molecule has 4 nitrogen and oxygen atoms in total. The van der Waals surface area contributed by atoms with Crippen LogP contribution < -0.4 is 5.56 Å². The van der Waals surface area contributed by atoms with Crippen LogP contribution in [-0.2, 0) is 6.42 Å². The van der Waals surface area contributed by atoms with Gasteiger partial charge in [-0.2, -0.15) is 0 Å². The molecule has 1 saturated heterocycles. The molecule has 0 unspecified atom stereocenters. The Balaban J connectivity index is 1.52. The lowest BCUT2D eigenvalue weighted by molar-refractivity contribution is 0.0855. The Labute approximate surface area is 167 Å². The molecule has 0 saturated carbocycles. The topological polar surface area (TPSA) is 45.5 Å². The summed E-state index contributed by atoms with van der Waals surface area (Å²) in [4.78, 5) is 15.3. The number of pyridine rings is 1. The summed E-state index contributed by atoms with van der Waals surface area (Å²) in [5, 5.41) is 9.48. The molecule has 2 aliphatic heterocycles. The lowest BCUT2D eigenvalue weighted by Gasteiger charge is -2.47. The zero-order valence-electron chi connectivity index (χ0n) is 17.1. The minimum atomic E-state index is 0.179. The maximum Gasteiger partial charge on any atom is 0.250 e. The Morgan fingerprint density at radius 2 is 1.89 bits per heavy atom. The van der Waals surface area contributed by atoms with Gasteiger partial charge in [-0.3, -0.25) is 4.79 Å². The number of phenols is 1. The van der Waals surface area contributed by atoms with Gasteiger partial charge in [0, 0.05) is 43.4 Å². The molecule has 2 bridgehead atoms. The molecule has 1 aromatic carbocycles. The lowest BCUT2D eigenvalue weighted by atomic mass is 9.76. The molecule has 0 radical (unpaired) electrons. The average Bonchev–Trinajstić information content (AvgIpc) is 2.68. The van der Waals surface area contributed by atoms with Gasteiger partial charge < -0.3 is 14.6 Å². The summed E-state index contributed by atoms with van der Waals surface area (Å²) in [6, 6.07) is 13.7. The van der Waals surface area contributed by atoms with Gasteiger partial charge >= 0.3 is 0 Å². The highest BCUT2D eigenvalue weighted by Gasteiger charge is 2.40. The van der Waals surface area contributed by atoms with Gasteiger partial charge in [0.05, 0.1) is 0 Å². The first-order chi connectivity index (χ1) is 13.5. The van der Waals surface area contributed by atoms with E-state index < -0.39 is 0 Å². The number of hydrogen-bond acceptors (Lipinski definition) is 3. The number of hydrogen-bond donors (Lipinski definition) is 1. The van der Waals surface area contributed by atoms with Crippen LogP contribution in [0.15, 0.2) is 47.3 Å². The van der Waals surface area contributed by atoms with E-state index in [4.69, 9.17) is 0 Å². The molecule has 4 rings (SSSR count). The predicted octanol–water partition coefficient (Wildman–Crippen LogP) is 4.19. The lowest BCUT2D eigenvalue weighted by Crippen LogP contribution is -2.49. The molecule has 2 aliphatic rings. The second-order valence-electron chi connectivity index (χ2n) is 9.07. The van der Waals surface area contributed by atoms with Crippen molar-refractivity contribution in [2.24, 2.45) is 11.8 Å². The number of aromatic hydroxyl groups is 1. The molecule has 0 spiro atoms. The Kier molecular flexibility index (Phi) is 5.58. The van der Waals surface area contributed by atoms with E-state index in [9.17, 15) is 9.90 Å². The molecule has 4 heteroatoms. The molecule has 3 atom stereocenters. The predicted molar refractivity (Wildman–Crippen MR) is 113 cm³/mol. The van der Waals surface area contributed by atoms with E-state index in [1.807, 2.05) is 18.2 Å². The molecular formula is C24H32N2O2. The smallest absolute Gasteiger partial charge is 0.250 e. The van der Waals surface area contributed by atoms with Crippen LogP contribution in [0.25, 0.3) is 0 Å². The highest BCUT2D eigenvalue weighted by molar-refractivity contribution is 5.26. The van der Waals surface area contributed by atoms with Crippen LogP contribution in [0.4, 0.5) is 0 Å². The fourth-order valence-corrected chi connectivity index (χ4v) is 5.14. The van der Waals surface area contributed by atoms with Crippen molar-refractivity contribution in [3.63, 3.8) is 0 Å². The molecule has 0 amide bonds. The number of piperidine rings is 1. The second-order valence-corrected chi connectivity index (χ2v) is 9.07. The monoisotopic (exact) mass is 380 g/mol. The molecule has 2 aromatic rings. The molecule has 3 heterocycles. The number of nitrogens with zero attached hydrogens (tertiary/aromatic N) is 2. The Bertz CT molecular complexity index is 856. The number of rotatable bonds is 6. The fraction of sp³-hybridized carbons (Fsp3) is 0.542. The van der Waals surface area contributed by atoms with Gasteiger partial charge in [0.25, 0.3) is 5.56 Å². The van der Waals surface area contributed by atoms with Gasteiger partial charge in [-0.05, 0) is 61.3 Å². The van der Waals surface area contributed by atoms with Gasteiger partial charge in [-0.25, -0.2) is 0 Å². The third-order valence-corrected chi connectivity index (χ3v) is 6.57. The van der Waals surface area contributed by atoms with E-state index in [0.29, 0.717) is 29.5 Å². The number of aromatic nitrogens is 1. The van der Waals surface area contributed by atoms with Crippen molar-refractivity contribution in [1.82, 2.24) is 9.47 Å². The van der Waals surface area contributed by atoms with Gasteiger partial charge in [0.2, 0.25) is 0 Å². The van der Waals surface area contributed by atoms with Crippen molar-refractivity contribution in [2.45, 2.75) is 51.5 Å². The molecule has 150 valence electrons. The van der Waals surface area contributed by atoms with E-state index in [1.165, 1.54) is 24.1 Å². The highest BCUT2D eigenvalue weighted by Crippen LogP contribution is 2.43. The van der Waals surface area contributed by atoms with Gasteiger partial charge in [0.1, 0.15) is 5.75 Å². The Morgan fingerprint density at radius 1 is 1.11 bits per heavy atom. The largest absolute Gasteiger partial charge is 0.508 e. The zero-order valence-corrected chi connectivity index (χ0v) is 17.1. The average molecular weight is 381 g/mol. The molecule has 1 N–H and O–H groups in total. The summed E-state index contributed by atoms with van der Waals surface area (Å²) >= 11 is 0. The highest BCUT2D eigenvalue weighted by atomic mass is 16.3. The van der Waals surface area contributed by atoms with Crippen LogP contribution in [-0.4, -0.2) is 34.2 Å². The number of likely N-dealkylation sites (tertiary alicyclic amines) is 1. The first-order valence-corrected chi connectivity index (χ1v) is 10.7. The normalized spacial score (nSPS) is 24.3. The summed E-state index contributed by atoms with van der Waals surface area (Å²) < 4.78 is 2.14. The first-order valence-electron chi connectivity index (χ1n) is 10.7. The number of benzene rings is 1. The Hall–Kier alpha value is -2.07. The van der Waals surface area contributed by atoms with Crippen molar-refractivity contribution in [1.29, 1.82) is 0 Å². The summed E-state index contributed by atoms with van der Waals surface area (Å²) in [6.45, 7) is 7.69. The minimum absolute atomic E-state index is 0.179. The molecule has 0 aliphatic carbocycles. The van der Waals surface area contributed by atoms with E-state index in [2.05, 4.69) is 29.4 Å². The fourth-order valence-electron chi connectivity index (χ4n) is 5.14. The SMILES string of the molecule is CC(C)CC[C@H]1[C@H]2C[C@H](CN(CCc3ccc(O)cc3)C2)c2cccc(=O)n21. The van der Waals surface area contributed by atoms with Crippen LogP contribution in [0.3, 0.4) is 0 Å². The van der Waals surface area contributed by atoms with Crippen molar-refractivity contribution in [2.75, 3.05) is 19.6 Å². The number of fused-ring (bicyclic) bond motifs is 4. The van der Waals surface area contributed by atoms with E-state index in [-0.39, 0.29) is 5.56 Å². The molecule has 1 aromatic heterocycles. The number of phenolic OH excluding ortho intramolecular Hbond substituents is 1. The van der Waals surface area contributed by atoms with Crippen LogP contribution in [0.5, 0.6) is 5.75 Å². The maximum absolute atomic E-state index is 12.7. The van der Waals surface area contributed by atoms with Crippen LogP contribution >= 0.6 is 0 Å². The van der Waals surface area contributed by atoms with Gasteiger partial charge in [-0.1, -0.05) is 32.0 Å². The van der Waals surface area contributed by atoms with E-state index in [1.54, 1.807) is 18.2 Å². The zero-order chi connectivity index (χ0) is 19.7. The quantitative estimate of drug-likeness (QED) is 0.817. The van der Waals surface area contributed by atoms with Crippen LogP contribution in [0.1, 0.15) is 56.3 Å². The molecule has 1 fully saturated rings. The maximum atomic E-state index is 12.7. The van der Waals surface area contributed by atoms with Crippen molar-refractivity contribution >= 4 is 0 Å². The second kappa shape index (κ2) is 8.12. The molecule has 28 heavy (non-hydrogen) atoms. The summed E-state index contributed by atoms with van der Waals surface area (Å²) in [5.41, 5.74) is 2.69. The third kappa shape index (κ3) is 4.02. The standard InChI is InChI=1S/C24H32N2O2/c1-17(2)6-11-23-20-14-19(22-4-3-5-24(28)26(22)23)15-25(16-20)13-12-18-7-9-21(27)10-8-18/h3-5,7-10,17,19-20,23,27H,6,11-16H2,1-2H3/t19-,20+,23+/m1/s1. The summed E-state index contributed by atoms with van der Waals surface area (Å²) in [5.74, 6) is 2.01. The van der Waals surface area contributed by atoms with E-state index >= 15 is 0 Å². The minimum Gasteiger partial charge on any atom is -0.508 e. The van der Waals surface area contributed by atoms with Crippen molar-refractivity contribution in [3.05, 3.63) is 64.1 Å². The summed E-state index contributed by atoms with van der Waals surface area (Å²) in [6.07, 6.45) is 4.47. The van der Waals surface area contributed by atoms with Crippen molar-refractivity contribution < 1.29 is 5.11 Å². The van der Waals surface area contributed by atoms with Gasteiger partial charge in [0.15, 0.2) is 0 Å².